The Bertz CT molecular complexity index is 275. The summed E-state index contributed by atoms with van der Waals surface area (Å²) in [6.07, 6.45) is 9.00. The Morgan fingerprint density at radius 1 is 1.05 bits per heavy atom. The van der Waals surface area contributed by atoms with E-state index in [1.165, 1.54) is 19.3 Å². The molecule has 0 aromatic rings. The van der Waals surface area contributed by atoms with Gasteiger partial charge in [0.2, 0.25) is 0 Å². The van der Waals surface area contributed by atoms with Crippen molar-refractivity contribution in [2.75, 3.05) is 13.2 Å². The highest BCUT2D eigenvalue weighted by molar-refractivity contribution is 4.88. The molecule has 0 radical (unpaired) electrons. The van der Waals surface area contributed by atoms with Crippen molar-refractivity contribution < 1.29 is 9.84 Å². The summed E-state index contributed by atoms with van der Waals surface area (Å²) in [4.78, 5) is 0. The van der Waals surface area contributed by atoms with Crippen LogP contribution in [0.1, 0.15) is 72.1 Å². The van der Waals surface area contributed by atoms with Crippen LogP contribution in [-0.2, 0) is 4.74 Å². The summed E-state index contributed by atoms with van der Waals surface area (Å²) in [6.45, 7) is 8.83. The molecule has 0 spiro atoms. The fourth-order valence-corrected chi connectivity index (χ4v) is 3.95. The molecule has 1 saturated heterocycles. The molecule has 2 atom stereocenters. The molecule has 2 unspecified atom stereocenters. The maximum absolute atomic E-state index is 10.9. The standard InChI is InChI=1S/C17H32O2/c1-16(2,3)15-5-4-9-17(18,10-6-15)13-14-7-11-19-12-8-14/h14-15,18H,4-13H2,1-3H3. The maximum atomic E-state index is 10.9. The van der Waals surface area contributed by atoms with Crippen molar-refractivity contribution in [3.05, 3.63) is 0 Å². The first-order chi connectivity index (χ1) is 8.89. The highest BCUT2D eigenvalue weighted by atomic mass is 16.5. The molecule has 1 heterocycles. The van der Waals surface area contributed by atoms with Crippen LogP contribution in [0.4, 0.5) is 0 Å². The van der Waals surface area contributed by atoms with Gasteiger partial charge in [-0.3, -0.25) is 0 Å². The zero-order chi connectivity index (χ0) is 13.9. The highest BCUT2D eigenvalue weighted by Gasteiger charge is 2.36. The Hall–Kier alpha value is -0.0800. The molecule has 1 aliphatic heterocycles. The van der Waals surface area contributed by atoms with E-state index >= 15 is 0 Å². The molecule has 0 bridgehead atoms. The largest absolute Gasteiger partial charge is 0.390 e. The molecule has 1 N–H and O–H groups in total. The van der Waals surface area contributed by atoms with Gasteiger partial charge in [0.1, 0.15) is 0 Å². The van der Waals surface area contributed by atoms with Crippen LogP contribution in [-0.4, -0.2) is 23.9 Å². The van der Waals surface area contributed by atoms with Crippen LogP contribution in [0.5, 0.6) is 0 Å². The molecule has 2 nitrogen and oxygen atoms in total. The fourth-order valence-electron chi connectivity index (χ4n) is 3.95. The zero-order valence-electron chi connectivity index (χ0n) is 13.1. The Kier molecular flexibility index (Phi) is 4.94. The summed E-state index contributed by atoms with van der Waals surface area (Å²) in [5.74, 6) is 1.46. The number of hydrogen-bond donors (Lipinski definition) is 1. The van der Waals surface area contributed by atoms with Crippen molar-refractivity contribution in [2.24, 2.45) is 17.3 Å². The van der Waals surface area contributed by atoms with Crippen LogP contribution in [0, 0.1) is 17.3 Å². The Morgan fingerprint density at radius 2 is 1.74 bits per heavy atom. The fraction of sp³-hybridized carbons (Fsp3) is 1.00. The summed E-state index contributed by atoms with van der Waals surface area (Å²) in [5.41, 5.74) is 0.00589. The minimum Gasteiger partial charge on any atom is -0.390 e. The second-order valence-electron chi connectivity index (χ2n) is 7.98. The van der Waals surface area contributed by atoms with E-state index in [2.05, 4.69) is 20.8 Å². The second kappa shape index (κ2) is 6.13. The third-order valence-corrected chi connectivity index (χ3v) is 5.39. The number of aliphatic hydroxyl groups is 1. The van der Waals surface area contributed by atoms with Crippen LogP contribution >= 0.6 is 0 Å². The first kappa shape index (κ1) is 15.3. The van der Waals surface area contributed by atoms with E-state index in [4.69, 9.17) is 4.74 Å². The van der Waals surface area contributed by atoms with Crippen molar-refractivity contribution in [1.29, 1.82) is 0 Å². The number of hydrogen-bond acceptors (Lipinski definition) is 2. The zero-order valence-corrected chi connectivity index (χ0v) is 13.1. The van der Waals surface area contributed by atoms with Gasteiger partial charge in [0.25, 0.3) is 0 Å². The summed E-state index contributed by atoms with van der Waals surface area (Å²) in [6, 6.07) is 0. The average Bonchev–Trinajstić information content (AvgIpc) is 2.52. The van der Waals surface area contributed by atoms with Gasteiger partial charge in [-0.15, -0.1) is 0 Å². The number of ether oxygens (including phenoxy) is 1. The monoisotopic (exact) mass is 268 g/mol. The molecule has 112 valence electrons. The summed E-state index contributed by atoms with van der Waals surface area (Å²) in [7, 11) is 0. The molecular formula is C17H32O2. The highest BCUT2D eigenvalue weighted by Crippen LogP contribution is 2.42. The predicted octanol–water partition coefficient (Wildman–Crippen LogP) is 4.16. The van der Waals surface area contributed by atoms with Gasteiger partial charge in [0, 0.05) is 13.2 Å². The molecule has 0 aromatic carbocycles. The van der Waals surface area contributed by atoms with Crippen LogP contribution in [0.15, 0.2) is 0 Å². The van der Waals surface area contributed by atoms with Crippen molar-refractivity contribution in [3.63, 3.8) is 0 Å². The van der Waals surface area contributed by atoms with Crippen LogP contribution in [0.25, 0.3) is 0 Å². The maximum Gasteiger partial charge on any atom is 0.0650 e. The van der Waals surface area contributed by atoms with E-state index in [1.54, 1.807) is 0 Å². The first-order valence-corrected chi connectivity index (χ1v) is 8.19. The van der Waals surface area contributed by atoms with E-state index in [9.17, 15) is 5.11 Å². The lowest BCUT2D eigenvalue weighted by atomic mass is 9.75. The van der Waals surface area contributed by atoms with Gasteiger partial charge in [0.15, 0.2) is 0 Å². The Balaban J connectivity index is 1.89. The van der Waals surface area contributed by atoms with E-state index in [1.807, 2.05) is 0 Å². The topological polar surface area (TPSA) is 29.5 Å². The van der Waals surface area contributed by atoms with Gasteiger partial charge in [-0.2, -0.15) is 0 Å². The molecule has 0 aromatic heterocycles. The van der Waals surface area contributed by atoms with Gasteiger partial charge in [-0.1, -0.05) is 27.2 Å². The second-order valence-corrected chi connectivity index (χ2v) is 7.98. The molecule has 0 amide bonds. The molecule has 2 aliphatic rings. The predicted molar refractivity (Wildman–Crippen MR) is 79.1 cm³/mol. The summed E-state index contributed by atoms with van der Waals surface area (Å²) < 4.78 is 5.43. The van der Waals surface area contributed by atoms with Gasteiger partial charge in [-0.05, 0) is 62.2 Å². The molecule has 1 aliphatic carbocycles. The van der Waals surface area contributed by atoms with Gasteiger partial charge >= 0.3 is 0 Å². The molecule has 19 heavy (non-hydrogen) atoms. The summed E-state index contributed by atoms with van der Waals surface area (Å²) >= 11 is 0. The van der Waals surface area contributed by atoms with Gasteiger partial charge in [-0.25, -0.2) is 0 Å². The minimum absolute atomic E-state index is 0.387. The number of rotatable bonds is 2. The lowest BCUT2D eigenvalue weighted by molar-refractivity contribution is -0.0232. The Morgan fingerprint density at radius 3 is 2.37 bits per heavy atom. The van der Waals surface area contributed by atoms with Gasteiger partial charge < -0.3 is 9.84 Å². The first-order valence-electron chi connectivity index (χ1n) is 8.19. The van der Waals surface area contributed by atoms with Crippen LogP contribution in [0.2, 0.25) is 0 Å². The van der Waals surface area contributed by atoms with E-state index < -0.39 is 0 Å². The molecular weight excluding hydrogens is 236 g/mol. The third-order valence-electron chi connectivity index (χ3n) is 5.39. The van der Waals surface area contributed by atoms with Gasteiger partial charge in [0.05, 0.1) is 5.60 Å². The lowest BCUT2D eigenvalue weighted by Crippen LogP contribution is -2.33. The van der Waals surface area contributed by atoms with Crippen molar-refractivity contribution in [1.82, 2.24) is 0 Å². The smallest absolute Gasteiger partial charge is 0.0650 e. The van der Waals surface area contributed by atoms with E-state index in [0.29, 0.717) is 11.3 Å². The van der Waals surface area contributed by atoms with Crippen molar-refractivity contribution >= 4 is 0 Å². The molecule has 1 saturated carbocycles. The van der Waals surface area contributed by atoms with Crippen LogP contribution < -0.4 is 0 Å². The molecule has 2 heteroatoms. The van der Waals surface area contributed by atoms with Crippen LogP contribution in [0.3, 0.4) is 0 Å². The minimum atomic E-state index is -0.387. The molecule has 2 rings (SSSR count). The van der Waals surface area contributed by atoms with E-state index in [0.717, 1.165) is 51.2 Å². The third kappa shape index (κ3) is 4.46. The van der Waals surface area contributed by atoms with Crippen molar-refractivity contribution in [3.8, 4) is 0 Å². The normalized spacial score (nSPS) is 35.1. The SMILES string of the molecule is CC(C)(C)C1CCCC(O)(CC2CCOCC2)CC1. The average molecular weight is 268 g/mol. The Labute approximate surface area is 118 Å². The lowest BCUT2D eigenvalue weighted by Gasteiger charge is -2.34. The molecule has 2 fully saturated rings. The summed E-state index contributed by atoms with van der Waals surface area (Å²) in [5, 5.41) is 10.9. The quantitative estimate of drug-likeness (QED) is 0.762. The van der Waals surface area contributed by atoms with E-state index in [-0.39, 0.29) is 5.60 Å². The van der Waals surface area contributed by atoms with Crippen molar-refractivity contribution in [2.45, 2.75) is 77.7 Å².